The van der Waals surface area contributed by atoms with E-state index in [1.54, 1.807) is 0 Å². The fraction of sp³-hybridized carbons (Fsp3) is 0.850. The Bertz CT molecular complexity index is 1500. The number of aliphatic carboxylic acids is 2. The van der Waals surface area contributed by atoms with Crippen LogP contribution in [0.25, 0.3) is 0 Å². The number of carboxylic acids is 2. The predicted molar refractivity (Wildman–Crippen MR) is 227 cm³/mol. The van der Waals surface area contributed by atoms with Crippen LogP contribution in [-0.2, 0) is 94.6 Å². The van der Waals surface area contributed by atoms with Crippen molar-refractivity contribution in [2.75, 3.05) is 25.7 Å². The molecular weight excluding hydrogens is 1520 g/mol. The van der Waals surface area contributed by atoms with E-state index >= 15 is 0 Å². The number of carbonyl (C=O) groups is 6. The Morgan fingerprint density at radius 3 is 1.26 bits per heavy atom. The Hall–Kier alpha value is 0.517. The maximum Gasteiger partial charge on any atom is 0.318 e. The van der Waals surface area contributed by atoms with Crippen LogP contribution in [0.5, 0.6) is 0 Å². The molecule has 6 unspecified atom stereocenters. The minimum Gasteiger partial charge on any atom is -0.480 e. The topological polar surface area (TPSA) is 250 Å². The summed E-state index contributed by atoms with van der Waals surface area (Å²) in [5, 5.41) is 44.3. The van der Waals surface area contributed by atoms with Crippen molar-refractivity contribution in [3.63, 3.8) is 0 Å². The second-order valence-electron chi connectivity index (χ2n) is 19.1. The van der Waals surface area contributed by atoms with Gasteiger partial charge in [-0.2, -0.15) is 0 Å². The van der Waals surface area contributed by atoms with Gasteiger partial charge in [-0.05, 0) is 141 Å². The van der Waals surface area contributed by atoms with Gasteiger partial charge in [0.15, 0.2) is 0 Å². The van der Waals surface area contributed by atoms with E-state index in [0.29, 0.717) is 50.8 Å². The first-order valence-corrected chi connectivity index (χ1v) is 33.2. The number of aliphatic hydroxyl groups excluding tert-OH is 3. The van der Waals surface area contributed by atoms with E-state index in [2.05, 4.69) is 37.2 Å². The molecule has 0 aromatic heterocycles. The van der Waals surface area contributed by atoms with Crippen molar-refractivity contribution < 1.29 is 133 Å². The summed E-state index contributed by atoms with van der Waals surface area (Å²) >= 11 is 10.0. The molecule has 0 heterocycles. The van der Waals surface area contributed by atoms with Gasteiger partial charge in [-0.15, -0.1) is 11.6 Å². The molecule has 5 N–H and O–H groups in total. The van der Waals surface area contributed by atoms with Crippen molar-refractivity contribution in [2.24, 2.45) is 57.2 Å². The quantitative estimate of drug-likeness (QED) is 0.0619. The minimum absolute atomic E-state index is 0. The summed E-state index contributed by atoms with van der Waals surface area (Å²) in [7, 11) is 0. The molecule has 358 valence electrons. The molecule has 0 aromatic rings. The molecule has 0 aliphatic heterocycles. The van der Waals surface area contributed by atoms with Crippen molar-refractivity contribution in [2.45, 2.75) is 131 Å². The third-order valence-electron chi connectivity index (χ3n) is 12.2. The Kier molecular flexibility index (Phi) is 25.7. The molecule has 8 aliphatic rings. The van der Waals surface area contributed by atoms with Gasteiger partial charge < -0.3 is 49.2 Å². The Morgan fingerprint density at radius 1 is 0.661 bits per heavy atom. The molecule has 8 aliphatic carbocycles. The van der Waals surface area contributed by atoms with Crippen LogP contribution in [-0.4, -0.2) is 112 Å². The van der Waals surface area contributed by atoms with Crippen molar-refractivity contribution in [1.29, 1.82) is 0 Å². The SMILES string of the molecule is CC(C)(C)C(=O)OC1C2CC3CC1CC(C(=O)OC(O)CO)(C3)C2.CC(C)(C)C(=O)OC1C2CC3CC1CC(C(=O)OC(O)COCC(=O)O)(C3)C2.I[I-]I.O=C(O)CCl.[W].[W]. The van der Waals surface area contributed by atoms with Crippen molar-refractivity contribution in [1.82, 2.24) is 0 Å². The summed E-state index contributed by atoms with van der Waals surface area (Å²) in [6.07, 6.45) is 4.57. The molecule has 8 fully saturated rings. The van der Waals surface area contributed by atoms with Gasteiger partial charge in [0.05, 0.1) is 21.7 Å². The number of esters is 4. The van der Waals surface area contributed by atoms with Crippen LogP contribution in [0.3, 0.4) is 0 Å². The molecule has 0 amide bonds. The van der Waals surface area contributed by atoms with Gasteiger partial charge in [0.25, 0.3) is 0 Å². The Morgan fingerprint density at radius 2 is 0.984 bits per heavy atom. The van der Waals surface area contributed by atoms with Crippen LogP contribution in [0, 0.1) is 57.2 Å². The van der Waals surface area contributed by atoms with Crippen molar-refractivity contribution in [3.8, 4) is 0 Å². The van der Waals surface area contributed by atoms with Crippen LogP contribution in [0.2, 0.25) is 0 Å². The number of hydrogen-bond donors (Lipinski definition) is 5. The molecular formula is C40H61ClI3O16W2-. The molecule has 22 heteroatoms. The molecule has 16 nitrogen and oxygen atoms in total. The summed E-state index contributed by atoms with van der Waals surface area (Å²) < 4.78 is 26.7. The van der Waals surface area contributed by atoms with E-state index in [0.717, 1.165) is 38.5 Å². The van der Waals surface area contributed by atoms with Crippen LogP contribution in [0.1, 0.15) is 106 Å². The smallest absolute Gasteiger partial charge is 0.318 e. The largest absolute Gasteiger partial charge is 0.480 e. The molecule has 8 saturated carbocycles. The van der Waals surface area contributed by atoms with Crippen molar-refractivity contribution >= 4 is 84.6 Å². The third-order valence-corrected chi connectivity index (χ3v) is 12.4. The van der Waals surface area contributed by atoms with Gasteiger partial charge >= 0.3 is 86.3 Å². The van der Waals surface area contributed by atoms with Gasteiger partial charge in [0, 0.05) is 42.1 Å². The van der Waals surface area contributed by atoms with E-state index in [4.69, 9.17) is 50.6 Å². The second-order valence-corrected chi connectivity index (χ2v) is 35.6. The molecule has 0 spiro atoms. The third kappa shape index (κ3) is 16.9. The van der Waals surface area contributed by atoms with Crippen LogP contribution >= 0.6 is 48.8 Å². The zero-order chi connectivity index (χ0) is 45.4. The number of halogens is 4. The maximum atomic E-state index is 12.8. The average Bonchev–Trinajstić information content (AvgIpc) is 3.13. The van der Waals surface area contributed by atoms with E-state index < -0.39 is 71.3 Å². The normalized spacial score (nSPS) is 31.6. The zero-order valence-corrected chi connectivity index (χ0v) is 48.8. The van der Waals surface area contributed by atoms with Gasteiger partial charge in [-0.3, -0.25) is 24.0 Å². The molecule has 0 aromatic carbocycles. The first kappa shape index (κ1) is 60.5. The summed E-state index contributed by atoms with van der Waals surface area (Å²) in [6.45, 7) is 9.50. The molecule has 62 heavy (non-hydrogen) atoms. The zero-order valence-electron chi connectivity index (χ0n) is 35.7. The number of carbonyl (C=O) groups excluding carboxylic acids is 4. The van der Waals surface area contributed by atoms with E-state index in [1.165, 1.54) is 0 Å². The molecule has 0 saturated heterocycles. The van der Waals surface area contributed by atoms with Gasteiger partial charge in [-0.1, -0.05) is 0 Å². The average molecular weight is 1580 g/mol. The molecule has 0 radical (unpaired) electrons. The number of alkyl halides is 1. The fourth-order valence-corrected chi connectivity index (χ4v) is 10.3. The number of ether oxygens (including phenoxy) is 5. The van der Waals surface area contributed by atoms with Crippen LogP contribution < -0.4 is 13.3 Å². The summed E-state index contributed by atoms with van der Waals surface area (Å²) in [5.41, 5.74) is -2.34. The first-order chi connectivity index (χ1) is 27.8. The van der Waals surface area contributed by atoms with Crippen LogP contribution in [0.4, 0.5) is 0 Å². The Balaban J connectivity index is 0.000000518. The van der Waals surface area contributed by atoms with Crippen LogP contribution in [0.15, 0.2) is 0 Å². The minimum atomic E-state index is -1.49. The van der Waals surface area contributed by atoms with Gasteiger partial charge in [0.2, 0.25) is 12.6 Å². The van der Waals surface area contributed by atoms with E-state index in [1.807, 2.05) is 41.5 Å². The fourth-order valence-electron chi connectivity index (χ4n) is 10.3. The van der Waals surface area contributed by atoms with Gasteiger partial charge in [-0.25, -0.2) is 4.79 Å². The van der Waals surface area contributed by atoms with E-state index in [-0.39, 0.29) is 102 Å². The monoisotopic (exact) mass is 1580 g/mol. The summed E-state index contributed by atoms with van der Waals surface area (Å²) in [4.78, 5) is 69.7. The predicted octanol–water partition coefficient (Wildman–Crippen LogP) is 2.44. The number of hydrogen-bond acceptors (Lipinski definition) is 14. The maximum absolute atomic E-state index is 12.8. The summed E-state index contributed by atoms with van der Waals surface area (Å²) in [6, 6.07) is 0. The van der Waals surface area contributed by atoms with E-state index in [9.17, 15) is 39.0 Å². The number of aliphatic hydroxyl groups is 3. The molecule has 8 rings (SSSR count). The number of rotatable bonds is 12. The summed E-state index contributed by atoms with van der Waals surface area (Å²) in [5.74, 6) is -2.25. The Labute approximate surface area is 427 Å². The van der Waals surface area contributed by atoms with Crippen molar-refractivity contribution in [3.05, 3.63) is 0 Å². The molecule has 8 bridgehead atoms. The number of carboxylic acid groups (broad SMARTS) is 2. The molecule has 6 atom stereocenters. The second kappa shape index (κ2) is 26.3. The standard InChI is InChI=1S/C20H30O8.C18H28O6.C2H3ClO2.I3.2W/c1-19(2,3)17(24)28-16-12-4-11-5-13(16)8-20(6-11,7-12)18(25)27-15(23)10-26-9-14(21)22;1-17(2,3)15(21)24-14-11-4-10-5-12(14)8-18(6-10,7-11)16(22)23-13(20)9-19;3-1-2(4)5;1-3-2;;/h11-13,15-16,23H,4-10H2,1-3H3,(H,21,22);10-14,19-20H,4-9H2,1-3H3;1H2,(H,4,5);;;/q;;;-1;;. The van der Waals surface area contributed by atoms with Gasteiger partial charge in [0.1, 0.15) is 37.9 Å². The first-order valence-electron chi connectivity index (χ1n) is 20.1.